The van der Waals surface area contributed by atoms with E-state index in [9.17, 15) is 5.11 Å². The molecule has 0 radical (unpaired) electrons. The Hall–Kier alpha value is -1.45. The zero-order chi connectivity index (χ0) is 14.8. The van der Waals surface area contributed by atoms with Crippen molar-refractivity contribution >= 4 is 11.8 Å². The first-order valence-electron chi connectivity index (χ1n) is 7.42. The maximum Gasteiger partial charge on any atom is 0.120 e. The molecule has 2 unspecified atom stereocenters. The lowest BCUT2D eigenvalue weighted by Crippen LogP contribution is -2.27. The standard InChI is InChI=1S/C18H21NOS/c1-12-7-8-14(17(20)11-12)13(2)19-16-9-10-21-18-6-4-3-5-15(16)18/h3-8,11,13,16,19-20H,9-10H2,1-2H3. The molecule has 0 spiro atoms. The van der Waals surface area contributed by atoms with Crippen molar-refractivity contribution < 1.29 is 5.11 Å². The molecule has 0 saturated heterocycles. The largest absolute Gasteiger partial charge is 0.508 e. The van der Waals surface area contributed by atoms with E-state index in [4.69, 9.17) is 0 Å². The van der Waals surface area contributed by atoms with Crippen LogP contribution in [0.1, 0.15) is 42.1 Å². The average molecular weight is 299 g/mol. The number of phenols is 1. The molecule has 3 heteroatoms. The van der Waals surface area contributed by atoms with Crippen LogP contribution in [0.3, 0.4) is 0 Å². The number of aryl methyl sites for hydroxylation is 1. The van der Waals surface area contributed by atoms with Gasteiger partial charge in [0.25, 0.3) is 0 Å². The Balaban J connectivity index is 1.81. The van der Waals surface area contributed by atoms with Gasteiger partial charge in [-0.1, -0.05) is 30.3 Å². The monoisotopic (exact) mass is 299 g/mol. The van der Waals surface area contributed by atoms with E-state index < -0.39 is 0 Å². The minimum absolute atomic E-state index is 0.131. The minimum Gasteiger partial charge on any atom is -0.508 e. The van der Waals surface area contributed by atoms with Gasteiger partial charge in [-0.2, -0.15) is 0 Å². The van der Waals surface area contributed by atoms with Gasteiger partial charge in [-0.15, -0.1) is 11.8 Å². The van der Waals surface area contributed by atoms with E-state index in [1.54, 1.807) is 0 Å². The Kier molecular flexibility index (Phi) is 4.22. The zero-order valence-electron chi connectivity index (χ0n) is 12.5. The first-order valence-corrected chi connectivity index (χ1v) is 8.41. The van der Waals surface area contributed by atoms with Gasteiger partial charge in [0.1, 0.15) is 5.75 Å². The number of fused-ring (bicyclic) bond motifs is 1. The summed E-state index contributed by atoms with van der Waals surface area (Å²) in [7, 11) is 0. The summed E-state index contributed by atoms with van der Waals surface area (Å²) < 4.78 is 0. The van der Waals surface area contributed by atoms with Crippen LogP contribution < -0.4 is 5.32 Å². The number of phenolic OH excluding ortho intramolecular Hbond substituents is 1. The van der Waals surface area contributed by atoms with Crippen molar-refractivity contribution in [2.75, 3.05) is 5.75 Å². The molecule has 1 aliphatic heterocycles. The Morgan fingerprint density at radius 3 is 2.86 bits per heavy atom. The molecule has 2 atom stereocenters. The van der Waals surface area contributed by atoms with Crippen LogP contribution in [0.2, 0.25) is 0 Å². The fourth-order valence-corrected chi connectivity index (χ4v) is 4.05. The summed E-state index contributed by atoms with van der Waals surface area (Å²) in [6.07, 6.45) is 1.12. The first-order chi connectivity index (χ1) is 10.1. The van der Waals surface area contributed by atoms with Gasteiger partial charge in [0, 0.05) is 22.5 Å². The van der Waals surface area contributed by atoms with Crippen molar-refractivity contribution in [3.05, 3.63) is 59.2 Å². The molecule has 2 aromatic carbocycles. The fourth-order valence-electron chi connectivity index (χ4n) is 2.93. The SMILES string of the molecule is Cc1ccc(C(C)NC2CCSc3ccccc32)c(O)c1. The molecule has 110 valence electrons. The lowest BCUT2D eigenvalue weighted by molar-refractivity contribution is 0.420. The number of nitrogens with one attached hydrogen (secondary N) is 1. The second kappa shape index (κ2) is 6.12. The summed E-state index contributed by atoms with van der Waals surface area (Å²) in [6, 6.07) is 15.0. The quantitative estimate of drug-likeness (QED) is 0.869. The molecule has 0 amide bonds. The summed E-state index contributed by atoms with van der Waals surface area (Å²) in [4.78, 5) is 1.38. The third kappa shape index (κ3) is 3.09. The highest BCUT2D eigenvalue weighted by Gasteiger charge is 2.22. The van der Waals surface area contributed by atoms with Crippen molar-refractivity contribution in [3.63, 3.8) is 0 Å². The molecule has 0 aromatic heterocycles. The lowest BCUT2D eigenvalue weighted by Gasteiger charge is -2.29. The number of aromatic hydroxyl groups is 1. The molecule has 1 aliphatic rings. The summed E-state index contributed by atoms with van der Waals surface area (Å²) >= 11 is 1.93. The van der Waals surface area contributed by atoms with Crippen molar-refractivity contribution in [2.45, 2.75) is 37.2 Å². The molecule has 1 heterocycles. The summed E-state index contributed by atoms with van der Waals surface area (Å²) in [5.41, 5.74) is 3.44. The number of rotatable bonds is 3. The van der Waals surface area contributed by atoms with E-state index in [2.05, 4.69) is 42.6 Å². The predicted molar refractivity (Wildman–Crippen MR) is 88.9 cm³/mol. The van der Waals surface area contributed by atoms with Crippen LogP contribution in [0, 0.1) is 6.92 Å². The average Bonchev–Trinajstić information content (AvgIpc) is 2.47. The number of hydrogen-bond acceptors (Lipinski definition) is 3. The predicted octanol–water partition coefficient (Wildman–Crippen LogP) is 4.59. The van der Waals surface area contributed by atoms with E-state index in [1.807, 2.05) is 30.8 Å². The molecule has 2 aromatic rings. The molecule has 0 bridgehead atoms. The Morgan fingerprint density at radius 2 is 2.05 bits per heavy atom. The van der Waals surface area contributed by atoms with Gasteiger partial charge in [0.2, 0.25) is 0 Å². The highest BCUT2D eigenvalue weighted by atomic mass is 32.2. The van der Waals surface area contributed by atoms with Gasteiger partial charge >= 0.3 is 0 Å². The zero-order valence-corrected chi connectivity index (χ0v) is 13.3. The second-order valence-corrected chi connectivity index (χ2v) is 6.81. The molecular weight excluding hydrogens is 278 g/mol. The summed E-state index contributed by atoms with van der Waals surface area (Å²) in [5, 5.41) is 13.8. The smallest absolute Gasteiger partial charge is 0.120 e. The summed E-state index contributed by atoms with van der Waals surface area (Å²) in [6.45, 7) is 4.12. The number of benzene rings is 2. The van der Waals surface area contributed by atoms with Crippen LogP contribution >= 0.6 is 11.8 Å². The Labute approximate surface area is 130 Å². The van der Waals surface area contributed by atoms with E-state index in [-0.39, 0.29) is 6.04 Å². The molecule has 0 aliphatic carbocycles. The van der Waals surface area contributed by atoms with Crippen LogP contribution in [0.25, 0.3) is 0 Å². The van der Waals surface area contributed by atoms with E-state index in [0.717, 1.165) is 23.3 Å². The fraction of sp³-hybridized carbons (Fsp3) is 0.333. The maximum atomic E-state index is 10.1. The van der Waals surface area contributed by atoms with Gasteiger partial charge in [-0.25, -0.2) is 0 Å². The van der Waals surface area contributed by atoms with Crippen molar-refractivity contribution in [2.24, 2.45) is 0 Å². The third-order valence-electron chi connectivity index (χ3n) is 4.06. The minimum atomic E-state index is 0.131. The van der Waals surface area contributed by atoms with Gasteiger partial charge in [0.05, 0.1) is 0 Å². The van der Waals surface area contributed by atoms with E-state index >= 15 is 0 Å². The van der Waals surface area contributed by atoms with Crippen LogP contribution in [-0.2, 0) is 0 Å². The van der Waals surface area contributed by atoms with Gasteiger partial charge in [-0.05, 0) is 49.3 Å². The van der Waals surface area contributed by atoms with Crippen molar-refractivity contribution in [1.29, 1.82) is 0 Å². The number of hydrogen-bond donors (Lipinski definition) is 2. The molecule has 2 N–H and O–H groups in total. The van der Waals surface area contributed by atoms with Gasteiger partial charge < -0.3 is 10.4 Å². The maximum absolute atomic E-state index is 10.1. The van der Waals surface area contributed by atoms with Gasteiger partial charge in [0.15, 0.2) is 0 Å². The van der Waals surface area contributed by atoms with Crippen molar-refractivity contribution in [1.82, 2.24) is 5.32 Å². The van der Waals surface area contributed by atoms with Crippen LogP contribution in [0.5, 0.6) is 5.75 Å². The number of thioether (sulfide) groups is 1. The first kappa shape index (κ1) is 14.5. The lowest BCUT2D eigenvalue weighted by atomic mass is 9.99. The van der Waals surface area contributed by atoms with Crippen LogP contribution in [0.4, 0.5) is 0 Å². The van der Waals surface area contributed by atoms with Crippen LogP contribution in [-0.4, -0.2) is 10.9 Å². The topological polar surface area (TPSA) is 32.3 Å². The van der Waals surface area contributed by atoms with Crippen LogP contribution in [0.15, 0.2) is 47.4 Å². The highest BCUT2D eigenvalue weighted by Crippen LogP contribution is 2.37. The van der Waals surface area contributed by atoms with E-state index in [0.29, 0.717) is 11.8 Å². The Morgan fingerprint density at radius 1 is 1.24 bits per heavy atom. The summed E-state index contributed by atoms with van der Waals surface area (Å²) in [5.74, 6) is 1.52. The molecule has 21 heavy (non-hydrogen) atoms. The molecule has 3 rings (SSSR count). The molecule has 2 nitrogen and oxygen atoms in total. The normalized spacial score (nSPS) is 19.0. The third-order valence-corrected chi connectivity index (χ3v) is 5.18. The Bertz CT molecular complexity index is 641. The molecule has 0 saturated carbocycles. The molecule has 0 fully saturated rings. The highest BCUT2D eigenvalue weighted by molar-refractivity contribution is 7.99. The molecular formula is C18H21NOS. The van der Waals surface area contributed by atoms with E-state index in [1.165, 1.54) is 10.5 Å². The van der Waals surface area contributed by atoms with Crippen molar-refractivity contribution in [3.8, 4) is 5.75 Å². The second-order valence-electron chi connectivity index (χ2n) is 5.68. The van der Waals surface area contributed by atoms with Gasteiger partial charge in [-0.3, -0.25) is 0 Å².